The zero-order valence-corrected chi connectivity index (χ0v) is 14.8. The van der Waals surface area contributed by atoms with Crippen molar-refractivity contribution in [3.63, 3.8) is 0 Å². The number of ether oxygens (including phenoxy) is 1. The van der Waals surface area contributed by atoms with Crippen molar-refractivity contribution in [1.29, 1.82) is 0 Å². The second kappa shape index (κ2) is 6.84. The Morgan fingerprint density at radius 3 is 2.92 bits per heavy atom. The average Bonchev–Trinajstić information content (AvgIpc) is 3.23. The molecule has 7 nitrogen and oxygen atoms in total. The Bertz CT molecular complexity index is 758. The summed E-state index contributed by atoms with van der Waals surface area (Å²) in [5.41, 5.74) is 0.292. The molecule has 2 aromatic rings. The molecule has 0 radical (unpaired) electrons. The van der Waals surface area contributed by atoms with Crippen LogP contribution in [0.2, 0.25) is 0 Å². The van der Waals surface area contributed by atoms with Gasteiger partial charge in [0.2, 0.25) is 5.91 Å². The van der Waals surface area contributed by atoms with E-state index in [1.54, 1.807) is 22.9 Å². The number of β-amino-alcohol motifs (C(OH)–C–C–N with tert-alkyl or cyclic N) is 1. The summed E-state index contributed by atoms with van der Waals surface area (Å²) < 4.78 is 6.91. The van der Waals surface area contributed by atoms with Crippen LogP contribution in [0, 0.1) is 0 Å². The quantitative estimate of drug-likeness (QED) is 0.890. The number of likely N-dealkylation sites (tertiary alicyclic amines) is 1. The van der Waals surface area contributed by atoms with E-state index in [9.17, 15) is 9.90 Å². The van der Waals surface area contributed by atoms with Gasteiger partial charge in [-0.25, -0.2) is 4.68 Å². The minimum atomic E-state index is -1.13. The van der Waals surface area contributed by atoms with E-state index < -0.39 is 5.60 Å². The zero-order chi connectivity index (χ0) is 18.0. The number of hydrogen-bond donors (Lipinski definition) is 1. The molecule has 3 rings (SSSR count). The molecular weight excluding hydrogens is 320 g/mol. The number of nitrogens with zero attached hydrogens (tertiary/aromatic N) is 4. The van der Waals surface area contributed by atoms with E-state index in [1.165, 1.54) is 0 Å². The van der Waals surface area contributed by atoms with Crippen LogP contribution in [-0.4, -0.2) is 51.1 Å². The lowest BCUT2D eigenvalue weighted by Crippen LogP contribution is -2.35. The summed E-state index contributed by atoms with van der Waals surface area (Å²) in [6, 6.07) is 7.65. The molecule has 1 aliphatic rings. The third-order valence-electron chi connectivity index (χ3n) is 4.61. The maximum absolute atomic E-state index is 12.6. The Kier molecular flexibility index (Phi) is 4.76. The molecule has 1 unspecified atom stereocenters. The largest absolute Gasteiger partial charge is 0.497 e. The smallest absolute Gasteiger partial charge is 0.227 e. The summed E-state index contributed by atoms with van der Waals surface area (Å²) in [7, 11) is 1.60. The van der Waals surface area contributed by atoms with Gasteiger partial charge in [0.1, 0.15) is 17.0 Å². The van der Waals surface area contributed by atoms with Crippen molar-refractivity contribution in [1.82, 2.24) is 19.9 Å². The first-order chi connectivity index (χ1) is 11.9. The summed E-state index contributed by atoms with van der Waals surface area (Å²) >= 11 is 0. The number of carbonyl (C=O) groups is 1. The van der Waals surface area contributed by atoms with E-state index >= 15 is 0 Å². The molecule has 25 heavy (non-hydrogen) atoms. The standard InChI is InChI=1S/C18H24N4O3/c1-13(2)22-11-16(19-20-22)18(24)7-8-21(12-18)17(23)10-14-5-4-6-15(9-14)25-3/h4-6,9,11,13,24H,7-8,10,12H2,1-3H3. The monoisotopic (exact) mass is 344 g/mol. The predicted molar refractivity (Wildman–Crippen MR) is 92.2 cm³/mol. The van der Waals surface area contributed by atoms with Gasteiger partial charge in [-0.2, -0.15) is 0 Å². The van der Waals surface area contributed by atoms with Crippen LogP contribution in [0.5, 0.6) is 5.75 Å². The summed E-state index contributed by atoms with van der Waals surface area (Å²) in [4.78, 5) is 14.3. The number of methoxy groups -OCH3 is 1. The van der Waals surface area contributed by atoms with E-state index in [2.05, 4.69) is 10.3 Å². The van der Waals surface area contributed by atoms with Gasteiger partial charge in [0.05, 0.1) is 26.3 Å². The SMILES string of the molecule is COc1cccc(CC(=O)N2CCC(O)(c3cn(C(C)C)nn3)C2)c1. The van der Waals surface area contributed by atoms with Crippen LogP contribution < -0.4 is 4.74 Å². The van der Waals surface area contributed by atoms with Crippen molar-refractivity contribution in [2.75, 3.05) is 20.2 Å². The number of carbonyl (C=O) groups excluding carboxylic acids is 1. The number of aliphatic hydroxyl groups is 1. The molecule has 1 aliphatic heterocycles. The lowest BCUT2D eigenvalue weighted by atomic mass is 10.00. The van der Waals surface area contributed by atoms with Gasteiger partial charge >= 0.3 is 0 Å². The lowest BCUT2D eigenvalue weighted by molar-refractivity contribution is -0.130. The molecule has 134 valence electrons. The summed E-state index contributed by atoms with van der Waals surface area (Å²) in [5.74, 6) is 0.717. The maximum atomic E-state index is 12.6. The van der Waals surface area contributed by atoms with Crippen LogP contribution >= 0.6 is 0 Å². The van der Waals surface area contributed by atoms with E-state index in [0.717, 1.165) is 11.3 Å². The first-order valence-electron chi connectivity index (χ1n) is 8.47. The Labute approximate surface area is 147 Å². The maximum Gasteiger partial charge on any atom is 0.227 e. The Hall–Kier alpha value is -2.41. The fourth-order valence-electron chi connectivity index (χ4n) is 3.03. The highest BCUT2D eigenvalue weighted by molar-refractivity contribution is 5.79. The highest BCUT2D eigenvalue weighted by Gasteiger charge is 2.41. The molecule has 0 aliphatic carbocycles. The molecule has 0 saturated carbocycles. The van der Waals surface area contributed by atoms with Crippen molar-refractivity contribution in [3.05, 3.63) is 41.7 Å². The van der Waals surface area contributed by atoms with Gasteiger partial charge in [-0.15, -0.1) is 5.10 Å². The predicted octanol–water partition coefficient (Wildman–Crippen LogP) is 1.53. The molecule has 2 heterocycles. The van der Waals surface area contributed by atoms with E-state index in [4.69, 9.17) is 4.74 Å². The average molecular weight is 344 g/mol. The molecule has 0 bridgehead atoms. The number of hydrogen-bond acceptors (Lipinski definition) is 5. The van der Waals surface area contributed by atoms with E-state index in [1.807, 2.05) is 38.1 Å². The van der Waals surface area contributed by atoms with Crippen molar-refractivity contribution >= 4 is 5.91 Å². The van der Waals surface area contributed by atoms with Crippen molar-refractivity contribution in [2.24, 2.45) is 0 Å². The van der Waals surface area contributed by atoms with Gasteiger partial charge in [-0.1, -0.05) is 17.3 Å². The molecule has 1 fully saturated rings. The van der Waals surface area contributed by atoms with Crippen LogP contribution in [0.25, 0.3) is 0 Å². The minimum absolute atomic E-state index is 0.0135. The number of amides is 1. The number of aromatic nitrogens is 3. The molecule has 1 saturated heterocycles. The van der Waals surface area contributed by atoms with E-state index in [-0.39, 0.29) is 24.9 Å². The van der Waals surface area contributed by atoms with Gasteiger partial charge in [0, 0.05) is 19.0 Å². The van der Waals surface area contributed by atoms with Crippen LogP contribution in [-0.2, 0) is 16.8 Å². The van der Waals surface area contributed by atoms with Crippen molar-refractivity contribution in [2.45, 2.75) is 38.3 Å². The molecule has 1 N–H and O–H groups in total. The second-order valence-corrected chi connectivity index (χ2v) is 6.80. The first kappa shape index (κ1) is 17.4. The molecule has 0 spiro atoms. The molecule has 1 amide bonds. The van der Waals surface area contributed by atoms with Gasteiger partial charge < -0.3 is 14.7 Å². The molecule has 1 aromatic heterocycles. The zero-order valence-electron chi connectivity index (χ0n) is 14.8. The molecular formula is C18H24N4O3. The van der Waals surface area contributed by atoms with Gasteiger partial charge in [-0.05, 0) is 31.5 Å². The summed E-state index contributed by atoms with van der Waals surface area (Å²) in [6.45, 7) is 4.75. The third kappa shape index (κ3) is 3.66. The minimum Gasteiger partial charge on any atom is -0.497 e. The Morgan fingerprint density at radius 2 is 2.24 bits per heavy atom. The lowest BCUT2D eigenvalue weighted by Gasteiger charge is -2.21. The Morgan fingerprint density at radius 1 is 1.44 bits per heavy atom. The van der Waals surface area contributed by atoms with Crippen LogP contribution in [0.3, 0.4) is 0 Å². The molecule has 1 atom stereocenters. The molecule has 1 aromatic carbocycles. The first-order valence-corrected chi connectivity index (χ1v) is 8.47. The van der Waals surface area contributed by atoms with Gasteiger partial charge in [-0.3, -0.25) is 4.79 Å². The topological polar surface area (TPSA) is 80.5 Å². The molecule has 7 heteroatoms. The van der Waals surface area contributed by atoms with Crippen molar-refractivity contribution < 1.29 is 14.6 Å². The second-order valence-electron chi connectivity index (χ2n) is 6.80. The summed E-state index contributed by atoms with van der Waals surface area (Å²) in [5, 5.41) is 19.0. The van der Waals surface area contributed by atoms with Crippen LogP contribution in [0.1, 0.15) is 37.6 Å². The highest BCUT2D eigenvalue weighted by Crippen LogP contribution is 2.31. The normalized spacial score (nSPS) is 20.3. The fourth-order valence-corrected chi connectivity index (χ4v) is 3.03. The summed E-state index contributed by atoms with van der Waals surface area (Å²) in [6.07, 6.45) is 2.51. The van der Waals surface area contributed by atoms with Crippen molar-refractivity contribution in [3.8, 4) is 5.75 Å². The number of benzene rings is 1. The van der Waals surface area contributed by atoms with Gasteiger partial charge in [0.25, 0.3) is 0 Å². The van der Waals surface area contributed by atoms with Crippen LogP contribution in [0.15, 0.2) is 30.5 Å². The number of rotatable bonds is 5. The van der Waals surface area contributed by atoms with Gasteiger partial charge in [0.15, 0.2) is 0 Å². The fraction of sp³-hybridized carbons (Fsp3) is 0.500. The van der Waals surface area contributed by atoms with Crippen LogP contribution in [0.4, 0.5) is 0 Å². The van der Waals surface area contributed by atoms with E-state index in [0.29, 0.717) is 18.7 Å². The Balaban J connectivity index is 1.67. The highest BCUT2D eigenvalue weighted by atomic mass is 16.5. The third-order valence-corrected chi connectivity index (χ3v) is 4.61.